The van der Waals surface area contributed by atoms with Gasteiger partial charge in [0.05, 0.1) is 5.57 Å². The molecular weight excluding hydrogens is 156 g/mol. The van der Waals surface area contributed by atoms with E-state index in [1.807, 2.05) is 6.07 Å². The van der Waals surface area contributed by atoms with Crippen LogP contribution < -0.4 is 16.4 Å². The maximum Gasteiger partial charge on any atom is 0.314 e. The first-order valence-electron chi connectivity index (χ1n) is 3.33. The van der Waals surface area contributed by atoms with Gasteiger partial charge in [-0.15, -0.1) is 0 Å². The maximum atomic E-state index is 10.4. The van der Waals surface area contributed by atoms with E-state index >= 15 is 0 Å². The van der Waals surface area contributed by atoms with Gasteiger partial charge in [0, 0.05) is 6.20 Å². The van der Waals surface area contributed by atoms with Crippen molar-refractivity contribution in [3.05, 3.63) is 23.9 Å². The molecular formula is C7H8N4O. The van der Waals surface area contributed by atoms with Gasteiger partial charge in [0.1, 0.15) is 12.2 Å². The van der Waals surface area contributed by atoms with Crippen LogP contribution in [0.5, 0.6) is 0 Å². The fraction of sp³-hybridized carbons (Fsp3) is 0.143. The molecule has 0 aromatic carbocycles. The molecule has 1 unspecified atom stereocenters. The standard InChI is InChI=1S/C7H8N4O/c8-3-5-1-2-6(10-4-5)11-7(9)12/h1-2,4,6,10H,(H3,9,11,12). The second-order valence-electron chi connectivity index (χ2n) is 2.22. The second kappa shape index (κ2) is 3.44. The lowest BCUT2D eigenvalue weighted by atomic mass is 10.2. The van der Waals surface area contributed by atoms with Crippen LogP contribution in [0, 0.1) is 11.3 Å². The van der Waals surface area contributed by atoms with E-state index in [2.05, 4.69) is 10.6 Å². The maximum absolute atomic E-state index is 10.4. The topological polar surface area (TPSA) is 90.9 Å². The zero-order valence-corrected chi connectivity index (χ0v) is 6.24. The summed E-state index contributed by atoms with van der Waals surface area (Å²) in [7, 11) is 0. The zero-order valence-electron chi connectivity index (χ0n) is 6.24. The van der Waals surface area contributed by atoms with Crippen LogP contribution in [0.3, 0.4) is 0 Å². The highest BCUT2D eigenvalue weighted by molar-refractivity contribution is 5.72. The number of nitrogens with two attached hydrogens (primary N) is 1. The van der Waals surface area contributed by atoms with E-state index in [0.717, 1.165) is 0 Å². The molecule has 1 aliphatic heterocycles. The Hall–Kier alpha value is -1.96. The molecule has 1 atom stereocenters. The summed E-state index contributed by atoms with van der Waals surface area (Å²) in [5, 5.41) is 13.6. The van der Waals surface area contributed by atoms with E-state index in [0.29, 0.717) is 5.57 Å². The van der Waals surface area contributed by atoms with E-state index in [-0.39, 0.29) is 6.17 Å². The SMILES string of the molecule is N#CC1=CNC(NC(N)=O)C=C1. The number of primary amides is 1. The molecule has 4 N–H and O–H groups in total. The van der Waals surface area contributed by atoms with Crippen LogP contribution in [-0.4, -0.2) is 12.2 Å². The lowest BCUT2D eigenvalue weighted by molar-refractivity contribution is 0.246. The highest BCUT2D eigenvalue weighted by Crippen LogP contribution is 1.99. The predicted molar refractivity (Wildman–Crippen MR) is 42.5 cm³/mol. The molecule has 2 amide bonds. The Kier molecular flexibility index (Phi) is 2.33. The quantitative estimate of drug-likeness (QED) is 0.490. The normalized spacial score (nSPS) is 20.2. The van der Waals surface area contributed by atoms with Crippen LogP contribution in [0.4, 0.5) is 4.79 Å². The van der Waals surface area contributed by atoms with Crippen molar-refractivity contribution in [2.45, 2.75) is 6.17 Å². The molecule has 0 aliphatic carbocycles. The van der Waals surface area contributed by atoms with Crippen molar-refractivity contribution < 1.29 is 4.79 Å². The highest BCUT2D eigenvalue weighted by atomic mass is 16.2. The van der Waals surface area contributed by atoms with E-state index in [1.165, 1.54) is 6.20 Å². The smallest absolute Gasteiger partial charge is 0.314 e. The van der Waals surface area contributed by atoms with E-state index in [1.54, 1.807) is 12.2 Å². The zero-order chi connectivity index (χ0) is 8.97. The fourth-order valence-corrected chi connectivity index (χ4v) is 0.796. The number of urea groups is 1. The van der Waals surface area contributed by atoms with Crippen molar-refractivity contribution in [1.82, 2.24) is 10.6 Å². The minimum absolute atomic E-state index is 0.320. The largest absolute Gasteiger partial charge is 0.367 e. The van der Waals surface area contributed by atoms with Gasteiger partial charge in [0.15, 0.2) is 0 Å². The average Bonchev–Trinajstić information content (AvgIpc) is 2.05. The van der Waals surface area contributed by atoms with E-state index < -0.39 is 6.03 Å². The molecule has 1 heterocycles. The lowest BCUT2D eigenvalue weighted by Gasteiger charge is -2.16. The van der Waals surface area contributed by atoms with Gasteiger partial charge < -0.3 is 16.4 Å². The minimum atomic E-state index is -0.606. The number of nitrogens with zero attached hydrogens (tertiary/aromatic N) is 1. The predicted octanol–water partition coefficient (Wildman–Crippen LogP) is -0.452. The molecule has 62 valence electrons. The Morgan fingerprint density at radius 2 is 2.58 bits per heavy atom. The van der Waals surface area contributed by atoms with Crippen LogP contribution in [-0.2, 0) is 0 Å². The number of dihydropyridines is 1. The summed E-state index contributed by atoms with van der Waals surface area (Å²) in [6.45, 7) is 0. The molecule has 0 aromatic rings. The number of hydrogen-bond acceptors (Lipinski definition) is 3. The third kappa shape index (κ3) is 2.02. The monoisotopic (exact) mass is 164 g/mol. The van der Waals surface area contributed by atoms with Gasteiger partial charge in [0.25, 0.3) is 0 Å². The average molecular weight is 164 g/mol. The number of hydrogen-bond donors (Lipinski definition) is 3. The fourth-order valence-electron chi connectivity index (χ4n) is 0.796. The number of amides is 2. The van der Waals surface area contributed by atoms with Crippen LogP contribution in [0.15, 0.2) is 23.9 Å². The molecule has 0 bridgehead atoms. The molecule has 1 aliphatic rings. The first kappa shape index (κ1) is 8.14. The molecule has 0 saturated heterocycles. The number of nitriles is 1. The van der Waals surface area contributed by atoms with E-state index in [4.69, 9.17) is 11.0 Å². The van der Waals surface area contributed by atoms with Gasteiger partial charge in [-0.3, -0.25) is 0 Å². The number of nitrogens with one attached hydrogen (secondary N) is 2. The molecule has 0 spiro atoms. The summed E-state index contributed by atoms with van der Waals surface area (Å²) < 4.78 is 0. The number of rotatable bonds is 1. The van der Waals surface area contributed by atoms with Crippen molar-refractivity contribution in [2.24, 2.45) is 5.73 Å². The summed E-state index contributed by atoms with van der Waals surface area (Å²) in [6.07, 6.45) is 4.45. The molecule has 5 nitrogen and oxygen atoms in total. The van der Waals surface area contributed by atoms with Gasteiger partial charge >= 0.3 is 6.03 Å². The van der Waals surface area contributed by atoms with Gasteiger partial charge in [-0.05, 0) is 12.2 Å². The van der Waals surface area contributed by atoms with Crippen molar-refractivity contribution in [3.63, 3.8) is 0 Å². The van der Waals surface area contributed by atoms with Gasteiger partial charge in [-0.25, -0.2) is 4.79 Å². The molecule has 5 heteroatoms. The molecule has 0 fully saturated rings. The Labute approximate surface area is 69.5 Å². The summed E-state index contributed by atoms with van der Waals surface area (Å²) in [4.78, 5) is 10.4. The molecule has 1 rings (SSSR count). The van der Waals surface area contributed by atoms with Gasteiger partial charge in [0.2, 0.25) is 0 Å². The van der Waals surface area contributed by atoms with Crippen LogP contribution >= 0.6 is 0 Å². The molecule has 0 saturated carbocycles. The Balaban J connectivity index is 2.50. The van der Waals surface area contributed by atoms with Crippen LogP contribution in [0.1, 0.15) is 0 Å². The number of carbonyl (C=O) groups excluding carboxylic acids is 1. The second-order valence-corrected chi connectivity index (χ2v) is 2.22. The van der Waals surface area contributed by atoms with Crippen molar-refractivity contribution in [1.29, 1.82) is 5.26 Å². The van der Waals surface area contributed by atoms with Crippen molar-refractivity contribution >= 4 is 6.03 Å². The number of allylic oxidation sites excluding steroid dienone is 2. The first-order valence-corrected chi connectivity index (χ1v) is 3.33. The van der Waals surface area contributed by atoms with Crippen molar-refractivity contribution in [2.75, 3.05) is 0 Å². The summed E-state index contributed by atoms with van der Waals surface area (Å²) in [5.41, 5.74) is 5.39. The van der Waals surface area contributed by atoms with Gasteiger partial charge in [-0.1, -0.05) is 0 Å². The summed E-state index contributed by atoms with van der Waals surface area (Å²) >= 11 is 0. The lowest BCUT2D eigenvalue weighted by Crippen LogP contribution is -2.45. The molecule has 12 heavy (non-hydrogen) atoms. The number of carbonyl (C=O) groups is 1. The Morgan fingerprint density at radius 1 is 1.83 bits per heavy atom. The summed E-state index contributed by atoms with van der Waals surface area (Å²) in [6, 6.07) is 1.34. The molecule has 0 radical (unpaired) electrons. The van der Waals surface area contributed by atoms with Crippen LogP contribution in [0.25, 0.3) is 0 Å². The Bertz CT molecular complexity index is 286. The van der Waals surface area contributed by atoms with Crippen LogP contribution in [0.2, 0.25) is 0 Å². The molecule has 0 aromatic heterocycles. The minimum Gasteiger partial charge on any atom is -0.367 e. The highest BCUT2D eigenvalue weighted by Gasteiger charge is 2.07. The van der Waals surface area contributed by atoms with Gasteiger partial charge in [-0.2, -0.15) is 5.26 Å². The third-order valence-corrected chi connectivity index (χ3v) is 1.31. The van der Waals surface area contributed by atoms with E-state index in [9.17, 15) is 4.79 Å². The Morgan fingerprint density at radius 3 is 3.00 bits per heavy atom. The summed E-state index contributed by atoms with van der Waals surface area (Å²) in [5.74, 6) is 0. The first-order chi connectivity index (χ1) is 5.72. The van der Waals surface area contributed by atoms with Crippen molar-refractivity contribution in [3.8, 4) is 6.07 Å². The third-order valence-electron chi connectivity index (χ3n) is 1.31.